The monoisotopic (exact) mass is 525 g/mol. The van der Waals surface area contributed by atoms with Gasteiger partial charge in [0.25, 0.3) is 5.69 Å². The fourth-order valence-electron chi connectivity index (χ4n) is 3.54. The van der Waals surface area contributed by atoms with Crippen molar-refractivity contribution in [1.82, 2.24) is 9.80 Å². The molecule has 0 fully saturated rings. The molecule has 0 aliphatic rings. The highest BCUT2D eigenvalue weighted by atomic mass is 32.1. The number of rotatable bonds is 13. The number of benzene rings is 2. The topological polar surface area (TPSA) is 93.0 Å². The molecule has 194 valence electrons. The molecule has 0 aliphatic carbocycles. The van der Waals surface area contributed by atoms with Crippen LogP contribution in [0.25, 0.3) is 6.08 Å². The predicted octanol–water partition coefficient (Wildman–Crippen LogP) is 4.90. The molecule has 0 saturated carbocycles. The molecule has 1 aromatic heterocycles. The lowest BCUT2D eigenvalue weighted by atomic mass is 10.2. The number of thiophene rings is 1. The average molecular weight is 526 g/mol. The van der Waals surface area contributed by atoms with Gasteiger partial charge < -0.3 is 14.5 Å². The van der Waals surface area contributed by atoms with Crippen molar-refractivity contribution in [3.8, 4) is 0 Å². The summed E-state index contributed by atoms with van der Waals surface area (Å²) in [7, 11) is 1.57. The average Bonchev–Trinajstić information content (AvgIpc) is 3.41. The van der Waals surface area contributed by atoms with Gasteiger partial charge in [-0.25, -0.2) is 4.39 Å². The van der Waals surface area contributed by atoms with Gasteiger partial charge in [0.15, 0.2) is 0 Å². The second-order valence-electron chi connectivity index (χ2n) is 8.24. The summed E-state index contributed by atoms with van der Waals surface area (Å²) in [6.45, 7) is 1.24. The molecule has 0 aliphatic heterocycles. The van der Waals surface area contributed by atoms with E-state index in [1.54, 1.807) is 42.4 Å². The highest BCUT2D eigenvalue weighted by molar-refractivity contribution is 7.09. The van der Waals surface area contributed by atoms with Gasteiger partial charge in [-0.05, 0) is 59.3 Å². The lowest BCUT2D eigenvalue weighted by Crippen LogP contribution is -2.42. The van der Waals surface area contributed by atoms with E-state index in [0.717, 1.165) is 10.4 Å². The zero-order valence-electron chi connectivity index (χ0n) is 20.4. The number of non-ortho nitro benzene ring substituents is 1. The van der Waals surface area contributed by atoms with E-state index in [1.807, 2.05) is 17.5 Å². The Morgan fingerprint density at radius 3 is 2.41 bits per heavy atom. The highest BCUT2D eigenvalue weighted by Gasteiger charge is 2.21. The Labute approximate surface area is 218 Å². The normalized spacial score (nSPS) is 11.0. The molecular formula is C27H28FN3O5S. The zero-order chi connectivity index (χ0) is 26.6. The van der Waals surface area contributed by atoms with E-state index in [4.69, 9.17) is 4.74 Å². The molecule has 8 nitrogen and oxygen atoms in total. The van der Waals surface area contributed by atoms with Crippen LogP contribution in [0.1, 0.15) is 22.4 Å². The standard InChI is InChI=1S/C27H28FN3O5S/c1-36-16-3-15-29(26(32)14-9-21-7-12-24(13-8-21)31(34)35)20-27(33)30(19-25-4-2-17-37-25)18-22-5-10-23(28)11-6-22/h2,4-14,17H,3,15-16,18-20H2,1H3/b14-9+. The molecular weight excluding hydrogens is 497 g/mol. The Bertz CT molecular complexity index is 1200. The Hall–Kier alpha value is -3.89. The van der Waals surface area contributed by atoms with Crippen LogP contribution < -0.4 is 0 Å². The quantitative estimate of drug-likeness (QED) is 0.137. The van der Waals surface area contributed by atoms with Crippen LogP contribution in [0.4, 0.5) is 10.1 Å². The molecule has 3 aromatic rings. The minimum absolute atomic E-state index is 0.0396. The summed E-state index contributed by atoms with van der Waals surface area (Å²) in [5, 5.41) is 12.8. The van der Waals surface area contributed by atoms with Crippen molar-refractivity contribution in [2.75, 3.05) is 26.8 Å². The maximum atomic E-state index is 13.4. The van der Waals surface area contributed by atoms with Crippen molar-refractivity contribution >= 4 is 34.9 Å². The van der Waals surface area contributed by atoms with E-state index >= 15 is 0 Å². The predicted molar refractivity (Wildman–Crippen MR) is 140 cm³/mol. The number of hydrogen-bond acceptors (Lipinski definition) is 6. The molecule has 1 heterocycles. The number of nitrogens with zero attached hydrogens (tertiary/aromatic N) is 3. The molecule has 0 unspecified atom stereocenters. The minimum Gasteiger partial charge on any atom is -0.385 e. The molecule has 2 aromatic carbocycles. The number of nitro groups is 1. The molecule has 0 spiro atoms. The SMILES string of the molecule is COCCCN(CC(=O)N(Cc1ccc(F)cc1)Cc1cccs1)C(=O)/C=C/c1ccc([N+](=O)[O-])cc1. The number of hydrogen-bond donors (Lipinski definition) is 0. The lowest BCUT2D eigenvalue weighted by Gasteiger charge is -2.27. The van der Waals surface area contributed by atoms with Crippen molar-refractivity contribution in [3.63, 3.8) is 0 Å². The van der Waals surface area contributed by atoms with Gasteiger partial charge >= 0.3 is 0 Å². The van der Waals surface area contributed by atoms with E-state index in [-0.39, 0.29) is 36.4 Å². The van der Waals surface area contributed by atoms with Gasteiger partial charge in [-0.2, -0.15) is 0 Å². The molecule has 0 N–H and O–H groups in total. The molecule has 0 saturated heterocycles. The first kappa shape index (κ1) is 27.7. The second-order valence-corrected chi connectivity index (χ2v) is 9.28. The fourth-order valence-corrected chi connectivity index (χ4v) is 4.26. The van der Waals surface area contributed by atoms with Crippen LogP contribution in [0.5, 0.6) is 0 Å². The van der Waals surface area contributed by atoms with E-state index in [9.17, 15) is 24.1 Å². The Morgan fingerprint density at radius 1 is 1.05 bits per heavy atom. The molecule has 3 rings (SSSR count). The van der Waals surface area contributed by atoms with Crippen LogP contribution in [0, 0.1) is 15.9 Å². The van der Waals surface area contributed by atoms with Crippen LogP contribution >= 0.6 is 11.3 Å². The van der Waals surface area contributed by atoms with E-state index in [1.165, 1.54) is 46.6 Å². The van der Waals surface area contributed by atoms with Gasteiger partial charge in [-0.1, -0.05) is 18.2 Å². The number of nitro benzene ring substituents is 1. The first-order valence-corrected chi connectivity index (χ1v) is 12.5. The Kier molecular flexibility index (Phi) is 10.5. The molecule has 10 heteroatoms. The third kappa shape index (κ3) is 8.93. The van der Waals surface area contributed by atoms with Crippen molar-refractivity contribution in [3.05, 3.63) is 104 Å². The van der Waals surface area contributed by atoms with Gasteiger partial charge in [0, 0.05) is 49.9 Å². The summed E-state index contributed by atoms with van der Waals surface area (Å²) in [5.74, 6) is -0.956. The van der Waals surface area contributed by atoms with Gasteiger partial charge in [-0.15, -0.1) is 11.3 Å². The Morgan fingerprint density at radius 2 is 1.78 bits per heavy atom. The molecule has 0 radical (unpaired) electrons. The number of halogens is 1. The third-order valence-corrected chi connectivity index (χ3v) is 6.36. The van der Waals surface area contributed by atoms with Crippen molar-refractivity contribution in [2.24, 2.45) is 0 Å². The molecule has 0 atom stereocenters. The summed E-state index contributed by atoms with van der Waals surface area (Å²) >= 11 is 1.53. The summed E-state index contributed by atoms with van der Waals surface area (Å²) in [6, 6.07) is 15.6. The zero-order valence-corrected chi connectivity index (χ0v) is 21.2. The number of ether oxygens (including phenoxy) is 1. The molecule has 37 heavy (non-hydrogen) atoms. The van der Waals surface area contributed by atoms with E-state index in [2.05, 4.69) is 0 Å². The smallest absolute Gasteiger partial charge is 0.269 e. The van der Waals surface area contributed by atoms with Gasteiger partial charge in [-0.3, -0.25) is 19.7 Å². The summed E-state index contributed by atoms with van der Waals surface area (Å²) in [5.41, 5.74) is 1.36. The van der Waals surface area contributed by atoms with Gasteiger partial charge in [0.05, 0.1) is 11.5 Å². The summed E-state index contributed by atoms with van der Waals surface area (Å²) in [4.78, 5) is 40.9. The Balaban J connectivity index is 1.74. The maximum absolute atomic E-state index is 13.4. The maximum Gasteiger partial charge on any atom is 0.269 e. The van der Waals surface area contributed by atoms with E-state index < -0.39 is 4.92 Å². The third-order valence-electron chi connectivity index (χ3n) is 5.50. The highest BCUT2D eigenvalue weighted by Crippen LogP contribution is 2.16. The minimum atomic E-state index is -0.490. The van der Waals surface area contributed by atoms with Crippen molar-refractivity contribution in [2.45, 2.75) is 19.5 Å². The summed E-state index contributed by atoms with van der Waals surface area (Å²) in [6.07, 6.45) is 3.45. The molecule has 0 bridgehead atoms. The number of carbonyl (C=O) groups is 2. The first-order valence-electron chi connectivity index (χ1n) is 11.6. The second kappa shape index (κ2) is 14.0. The largest absolute Gasteiger partial charge is 0.385 e. The number of amides is 2. The van der Waals surface area contributed by atoms with Crippen LogP contribution in [0.2, 0.25) is 0 Å². The van der Waals surface area contributed by atoms with Crippen LogP contribution in [0.15, 0.2) is 72.1 Å². The number of carbonyl (C=O) groups excluding carboxylic acids is 2. The van der Waals surface area contributed by atoms with E-state index in [0.29, 0.717) is 31.7 Å². The van der Waals surface area contributed by atoms with Crippen molar-refractivity contribution < 1.29 is 23.6 Å². The fraction of sp³-hybridized carbons (Fsp3) is 0.259. The van der Waals surface area contributed by atoms with Crippen LogP contribution in [0.3, 0.4) is 0 Å². The molecule has 2 amide bonds. The van der Waals surface area contributed by atoms with Gasteiger partial charge in [0.2, 0.25) is 11.8 Å². The van der Waals surface area contributed by atoms with Crippen LogP contribution in [-0.4, -0.2) is 53.3 Å². The van der Waals surface area contributed by atoms with Crippen molar-refractivity contribution in [1.29, 1.82) is 0 Å². The first-order chi connectivity index (χ1) is 17.9. The van der Waals surface area contributed by atoms with Crippen LogP contribution in [-0.2, 0) is 27.4 Å². The van der Waals surface area contributed by atoms with Gasteiger partial charge in [0.1, 0.15) is 12.4 Å². The number of methoxy groups -OCH3 is 1. The lowest BCUT2D eigenvalue weighted by molar-refractivity contribution is -0.384. The summed E-state index contributed by atoms with van der Waals surface area (Å²) < 4.78 is 18.5.